The Balaban J connectivity index is 1.49. The Kier molecular flexibility index (Phi) is 6.08. The van der Waals surface area contributed by atoms with Crippen LogP contribution in [0.25, 0.3) is 33.5 Å². The number of rotatable bonds is 7. The van der Waals surface area contributed by atoms with E-state index in [4.69, 9.17) is 31.6 Å². The number of aryl methyl sites for hydroxylation is 1. The maximum atomic E-state index is 13.2. The van der Waals surface area contributed by atoms with Gasteiger partial charge in [-0.25, -0.2) is 9.37 Å². The summed E-state index contributed by atoms with van der Waals surface area (Å²) in [6.45, 7) is 0.386. The van der Waals surface area contributed by atoms with Gasteiger partial charge in [0.2, 0.25) is 0 Å². The number of nitrogens with two attached hydrogens (primary N) is 1. The number of carbonyl (C=O) groups is 1. The standard InChI is InChI=1S/C27H26ClFN6O3/c1-33-21-8-15-6-7-34(13-17(30)12-29)27(36)19(15)11-20(21)31-26(33)22-9-16-4-3-5-23(37-2)25(16)35(22)14-18-10-24(28)32-38-18/h3-5,8-11,17H,6-7,12-14,30H2,1-2H3/t17-/m1/s1. The third-order valence-corrected chi connectivity index (χ3v) is 7.28. The number of nitrogens with zero attached hydrogens (tertiary/aromatic N) is 5. The van der Waals surface area contributed by atoms with Crippen LogP contribution >= 0.6 is 11.6 Å². The summed E-state index contributed by atoms with van der Waals surface area (Å²) in [5.41, 5.74) is 10.6. The molecule has 0 saturated carbocycles. The Bertz CT molecular complexity index is 1690. The van der Waals surface area contributed by atoms with Gasteiger partial charge in [-0.3, -0.25) is 4.79 Å². The lowest BCUT2D eigenvalue weighted by molar-refractivity contribution is 0.0725. The van der Waals surface area contributed by atoms with Crippen molar-refractivity contribution >= 4 is 39.4 Å². The SMILES string of the molecule is COc1cccc2cc(-c3nc4cc5c(cc4n3C)CCN(C[C@H](N)CF)C5=O)n(Cc3cc(Cl)no3)c12. The molecule has 0 aliphatic carbocycles. The molecule has 0 fully saturated rings. The van der Waals surface area contributed by atoms with Crippen LogP contribution in [0.3, 0.4) is 0 Å². The summed E-state index contributed by atoms with van der Waals surface area (Å²) < 4.78 is 28.2. The molecule has 4 heterocycles. The van der Waals surface area contributed by atoms with E-state index in [0.717, 1.165) is 33.5 Å². The largest absolute Gasteiger partial charge is 0.495 e. The summed E-state index contributed by atoms with van der Waals surface area (Å²) in [5.74, 6) is 1.87. The van der Waals surface area contributed by atoms with Crippen molar-refractivity contribution < 1.29 is 18.4 Å². The normalized spacial score (nSPS) is 14.4. The van der Waals surface area contributed by atoms with Crippen molar-refractivity contribution in [1.29, 1.82) is 0 Å². The smallest absolute Gasteiger partial charge is 0.254 e. The molecule has 0 spiro atoms. The molecule has 1 aliphatic heterocycles. The average molecular weight is 537 g/mol. The second kappa shape index (κ2) is 9.45. The molecular weight excluding hydrogens is 511 g/mol. The third-order valence-electron chi connectivity index (χ3n) is 7.10. The Hall–Kier alpha value is -3.89. The van der Waals surface area contributed by atoms with E-state index in [1.807, 2.05) is 41.9 Å². The predicted octanol–water partition coefficient (Wildman–Crippen LogP) is 4.19. The molecule has 1 amide bonds. The van der Waals surface area contributed by atoms with Crippen LogP contribution in [0.5, 0.6) is 5.75 Å². The van der Waals surface area contributed by atoms with Crippen LogP contribution in [-0.2, 0) is 20.0 Å². The number of hydrogen-bond acceptors (Lipinski definition) is 6. The van der Waals surface area contributed by atoms with Gasteiger partial charge in [-0.05, 0) is 36.2 Å². The summed E-state index contributed by atoms with van der Waals surface area (Å²) in [6.07, 6.45) is 0.667. The van der Waals surface area contributed by atoms with E-state index in [0.29, 0.717) is 42.1 Å². The molecule has 2 aromatic carbocycles. The molecule has 11 heteroatoms. The first-order chi connectivity index (χ1) is 18.4. The number of fused-ring (bicyclic) bond motifs is 3. The molecule has 38 heavy (non-hydrogen) atoms. The molecule has 196 valence electrons. The number of carbonyl (C=O) groups excluding carboxylic acids is 1. The van der Waals surface area contributed by atoms with Gasteiger partial charge < -0.3 is 29.0 Å². The molecule has 0 saturated heterocycles. The van der Waals surface area contributed by atoms with Crippen molar-refractivity contribution in [2.75, 3.05) is 26.9 Å². The van der Waals surface area contributed by atoms with E-state index in [2.05, 4.69) is 15.8 Å². The lowest BCUT2D eigenvalue weighted by Crippen LogP contribution is -2.45. The van der Waals surface area contributed by atoms with Gasteiger partial charge in [0.1, 0.15) is 12.4 Å². The van der Waals surface area contributed by atoms with Crippen LogP contribution in [-0.4, -0.2) is 63.0 Å². The summed E-state index contributed by atoms with van der Waals surface area (Å²) >= 11 is 6.02. The first-order valence-electron chi connectivity index (χ1n) is 12.3. The van der Waals surface area contributed by atoms with Crippen molar-refractivity contribution in [3.63, 3.8) is 0 Å². The predicted molar refractivity (Wildman–Crippen MR) is 142 cm³/mol. The Labute approximate surface area is 222 Å². The van der Waals surface area contributed by atoms with Gasteiger partial charge >= 0.3 is 0 Å². The summed E-state index contributed by atoms with van der Waals surface area (Å²) in [7, 11) is 3.59. The topological polar surface area (TPSA) is 104 Å². The molecule has 0 unspecified atom stereocenters. The Morgan fingerprint density at radius 1 is 1.26 bits per heavy atom. The second-order valence-corrected chi connectivity index (χ2v) is 9.93. The lowest BCUT2D eigenvalue weighted by atomic mass is 9.97. The van der Waals surface area contributed by atoms with Crippen molar-refractivity contribution in [1.82, 2.24) is 24.2 Å². The third kappa shape index (κ3) is 4.00. The monoisotopic (exact) mass is 536 g/mol. The van der Waals surface area contributed by atoms with Crippen LogP contribution < -0.4 is 10.5 Å². The number of alkyl halides is 1. The molecule has 3 aromatic heterocycles. The number of benzene rings is 2. The molecular formula is C27H26ClFN6O3. The van der Waals surface area contributed by atoms with Gasteiger partial charge in [0.25, 0.3) is 5.91 Å². The van der Waals surface area contributed by atoms with E-state index in [1.165, 1.54) is 0 Å². The summed E-state index contributed by atoms with van der Waals surface area (Å²) in [4.78, 5) is 19.8. The first-order valence-corrected chi connectivity index (χ1v) is 12.6. The lowest BCUT2D eigenvalue weighted by Gasteiger charge is -2.30. The summed E-state index contributed by atoms with van der Waals surface area (Å²) in [5, 5.41) is 5.08. The minimum absolute atomic E-state index is 0.148. The van der Waals surface area contributed by atoms with Crippen molar-refractivity contribution in [2.45, 2.75) is 19.0 Å². The van der Waals surface area contributed by atoms with Crippen LogP contribution in [0.15, 0.2) is 47.0 Å². The van der Waals surface area contributed by atoms with Gasteiger partial charge in [0.15, 0.2) is 16.7 Å². The van der Waals surface area contributed by atoms with Gasteiger partial charge in [0.05, 0.1) is 41.9 Å². The summed E-state index contributed by atoms with van der Waals surface area (Å²) in [6, 6.07) is 12.8. The minimum atomic E-state index is -0.691. The first kappa shape index (κ1) is 24.4. The highest BCUT2D eigenvalue weighted by Gasteiger charge is 2.28. The van der Waals surface area contributed by atoms with Crippen LogP contribution in [0.4, 0.5) is 4.39 Å². The van der Waals surface area contributed by atoms with E-state index < -0.39 is 12.7 Å². The quantitative estimate of drug-likeness (QED) is 0.334. The second-order valence-electron chi connectivity index (χ2n) is 9.54. The van der Waals surface area contributed by atoms with Gasteiger partial charge in [-0.1, -0.05) is 28.9 Å². The highest BCUT2D eigenvalue weighted by atomic mass is 35.5. The maximum Gasteiger partial charge on any atom is 0.254 e. The van der Waals surface area contributed by atoms with E-state index in [1.54, 1.807) is 18.1 Å². The fourth-order valence-corrected chi connectivity index (χ4v) is 5.43. The minimum Gasteiger partial charge on any atom is -0.495 e. The van der Waals surface area contributed by atoms with Crippen molar-refractivity contribution in [2.24, 2.45) is 12.8 Å². The van der Waals surface area contributed by atoms with Gasteiger partial charge in [0, 0.05) is 37.2 Å². The molecule has 0 bridgehead atoms. The number of halogens is 2. The molecule has 2 N–H and O–H groups in total. The van der Waals surface area contributed by atoms with Gasteiger partial charge in [-0.2, -0.15) is 0 Å². The van der Waals surface area contributed by atoms with Crippen LogP contribution in [0.2, 0.25) is 5.15 Å². The molecule has 9 nitrogen and oxygen atoms in total. The number of ether oxygens (including phenoxy) is 1. The number of methoxy groups -OCH3 is 1. The zero-order valence-electron chi connectivity index (χ0n) is 20.9. The number of imidazole rings is 1. The highest BCUT2D eigenvalue weighted by Crippen LogP contribution is 2.36. The number of para-hydroxylation sites is 1. The zero-order chi connectivity index (χ0) is 26.6. The number of aromatic nitrogens is 4. The molecule has 6 rings (SSSR count). The fourth-order valence-electron chi connectivity index (χ4n) is 5.27. The van der Waals surface area contributed by atoms with Crippen molar-refractivity contribution in [3.05, 3.63) is 64.5 Å². The fraction of sp³-hybridized carbons (Fsp3) is 0.296. The molecule has 1 atom stereocenters. The maximum absolute atomic E-state index is 13.2. The van der Waals surface area contributed by atoms with E-state index in [9.17, 15) is 9.18 Å². The van der Waals surface area contributed by atoms with Gasteiger partial charge in [-0.15, -0.1) is 0 Å². The Morgan fingerprint density at radius 3 is 2.84 bits per heavy atom. The van der Waals surface area contributed by atoms with Crippen molar-refractivity contribution in [3.8, 4) is 17.3 Å². The average Bonchev–Trinajstić information content (AvgIpc) is 3.60. The van der Waals surface area contributed by atoms with Crippen LogP contribution in [0, 0.1) is 0 Å². The molecule has 0 radical (unpaired) electrons. The number of amides is 1. The van der Waals surface area contributed by atoms with E-state index >= 15 is 0 Å². The van der Waals surface area contributed by atoms with E-state index in [-0.39, 0.29) is 17.6 Å². The highest BCUT2D eigenvalue weighted by molar-refractivity contribution is 6.29. The molecule has 5 aromatic rings. The Morgan fingerprint density at radius 2 is 2.11 bits per heavy atom. The molecule has 1 aliphatic rings. The number of hydrogen-bond donors (Lipinski definition) is 1. The van der Waals surface area contributed by atoms with Crippen LogP contribution in [0.1, 0.15) is 21.7 Å². The zero-order valence-corrected chi connectivity index (χ0v) is 21.7.